The lowest BCUT2D eigenvalue weighted by Gasteiger charge is -2.07. The summed E-state index contributed by atoms with van der Waals surface area (Å²) in [4.78, 5) is 4.51. The summed E-state index contributed by atoms with van der Waals surface area (Å²) in [5, 5.41) is 3.11. The average Bonchev–Trinajstić information content (AvgIpc) is 2.18. The summed E-state index contributed by atoms with van der Waals surface area (Å²) in [6.45, 7) is 4.40. The van der Waals surface area contributed by atoms with Crippen LogP contribution < -0.4 is 5.32 Å². The molecular formula is C12H20N2. The fourth-order valence-electron chi connectivity index (χ4n) is 1.60. The number of pyridine rings is 1. The first-order chi connectivity index (χ1) is 6.80. The third-order valence-corrected chi connectivity index (χ3v) is 2.24. The monoisotopic (exact) mass is 192 g/mol. The van der Waals surface area contributed by atoms with Crippen molar-refractivity contribution in [3.8, 4) is 0 Å². The Morgan fingerprint density at radius 3 is 2.43 bits per heavy atom. The third-order valence-electron chi connectivity index (χ3n) is 2.24. The second kappa shape index (κ2) is 5.63. The van der Waals surface area contributed by atoms with Crippen LogP contribution in [0.1, 0.15) is 37.9 Å². The molecule has 0 aliphatic heterocycles. The van der Waals surface area contributed by atoms with Crippen molar-refractivity contribution < 1.29 is 0 Å². The van der Waals surface area contributed by atoms with Crippen LogP contribution in [0.4, 0.5) is 5.82 Å². The third kappa shape index (κ3) is 3.02. The fourth-order valence-corrected chi connectivity index (χ4v) is 1.60. The minimum absolute atomic E-state index is 0.999. The van der Waals surface area contributed by atoms with Gasteiger partial charge in [0, 0.05) is 12.7 Å². The van der Waals surface area contributed by atoms with Crippen molar-refractivity contribution in [2.45, 2.75) is 39.5 Å². The van der Waals surface area contributed by atoms with Crippen LogP contribution in [0, 0.1) is 0 Å². The molecule has 1 rings (SSSR count). The van der Waals surface area contributed by atoms with Gasteiger partial charge in [0.25, 0.3) is 0 Å². The Labute approximate surface area is 86.8 Å². The number of nitrogens with one attached hydrogen (secondary N) is 1. The topological polar surface area (TPSA) is 24.9 Å². The molecule has 1 aromatic heterocycles. The zero-order chi connectivity index (χ0) is 10.4. The van der Waals surface area contributed by atoms with E-state index >= 15 is 0 Å². The van der Waals surface area contributed by atoms with E-state index in [1.54, 1.807) is 0 Å². The highest BCUT2D eigenvalue weighted by molar-refractivity contribution is 5.39. The van der Waals surface area contributed by atoms with E-state index in [4.69, 9.17) is 0 Å². The number of hydrogen-bond acceptors (Lipinski definition) is 2. The molecule has 0 aromatic carbocycles. The van der Waals surface area contributed by atoms with Crippen molar-refractivity contribution in [3.63, 3.8) is 0 Å². The number of anilines is 1. The lowest BCUT2D eigenvalue weighted by Crippen LogP contribution is -1.99. The smallest absolute Gasteiger partial charge is 0.126 e. The molecule has 0 amide bonds. The highest BCUT2D eigenvalue weighted by Gasteiger charge is 2.00. The summed E-state index contributed by atoms with van der Waals surface area (Å²) in [5.41, 5.74) is 2.61. The van der Waals surface area contributed by atoms with Crippen LogP contribution in [0.25, 0.3) is 0 Å². The number of rotatable bonds is 5. The lowest BCUT2D eigenvalue weighted by atomic mass is 10.1. The molecule has 2 nitrogen and oxygen atoms in total. The van der Waals surface area contributed by atoms with Gasteiger partial charge < -0.3 is 5.32 Å². The van der Waals surface area contributed by atoms with E-state index in [2.05, 4.69) is 36.3 Å². The van der Waals surface area contributed by atoms with Gasteiger partial charge in [-0.15, -0.1) is 0 Å². The number of aryl methyl sites for hydroxylation is 2. The quantitative estimate of drug-likeness (QED) is 0.775. The van der Waals surface area contributed by atoms with E-state index in [-0.39, 0.29) is 0 Å². The minimum atomic E-state index is 0.999. The van der Waals surface area contributed by atoms with Crippen molar-refractivity contribution >= 4 is 5.82 Å². The molecule has 0 radical (unpaired) electrons. The summed E-state index contributed by atoms with van der Waals surface area (Å²) in [5.74, 6) is 0.999. The summed E-state index contributed by atoms with van der Waals surface area (Å²) in [6, 6.07) is 4.37. The van der Waals surface area contributed by atoms with Gasteiger partial charge in [0.1, 0.15) is 5.82 Å². The molecule has 0 saturated carbocycles. The van der Waals surface area contributed by atoms with Crippen LogP contribution >= 0.6 is 0 Å². The van der Waals surface area contributed by atoms with Gasteiger partial charge in [-0.25, -0.2) is 4.98 Å². The Hall–Kier alpha value is -1.05. The Morgan fingerprint density at radius 1 is 1.14 bits per heavy atom. The maximum Gasteiger partial charge on any atom is 0.126 e. The molecule has 0 unspecified atom stereocenters. The Bertz CT molecular complexity index is 257. The highest BCUT2D eigenvalue weighted by atomic mass is 15.0. The van der Waals surface area contributed by atoms with E-state index < -0.39 is 0 Å². The maximum atomic E-state index is 4.51. The molecule has 0 bridgehead atoms. The maximum absolute atomic E-state index is 4.51. The second-order valence-electron chi connectivity index (χ2n) is 3.60. The van der Waals surface area contributed by atoms with Crippen LogP contribution in [0.3, 0.4) is 0 Å². The minimum Gasteiger partial charge on any atom is -0.373 e. The first kappa shape index (κ1) is 11.0. The summed E-state index contributed by atoms with van der Waals surface area (Å²) < 4.78 is 0. The molecule has 0 atom stereocenters. The van der Waals surface area contributed by atoms with Crippen LogP contribution in [-0.2, 0) is 12.8 Å². The second-order valence-corrected chi connectivity index (χ2v) is 3.60. The van der Waals surface area contributed by atoms with Gasteiger partial charge in [0.2, 0.25) is 0 Å². The van der Waals surface area contributed by atoms with Crippen LogP contribution in [-0.4, -0.2) is 12.0 Å². The zero-order valence-electron chi connectivity index (χ0n) is 9.43. The normalized spacial score (nSPS) is 10.2. The predicted octanol–water partition coefficient (Wildman–Crippen LogP) is 3.03. The first-order valence-corrected chi connectivity index (χ1v) is 5.47. The van der Waals surface area contributed by atoms with Crippen molar-refractivity contribution in [1.82, 2.24) is 4.98 Å². The SMILES string of the molecule is CCCc1cc(CCC)nc(NC)c1. The summed E-state index contributed by atoms with van der Waals surface area (Å²) in [6.07, 6.45) is 4.57. The summed E-state index contributed by atoms with van der Waals surface area (Å²) >= 11 is 0. The summed E-state index contributed by atoms with van der Waals surface area (Å²) in [7, 11) is 1.92. The van der Waals surface area contributed by atoms with Gasteiger partial charge >= 0.3 is 0 Å². The molecule has 14 heavy (non-hydrogen) atoms. The molecule has 1 N–H and O–H groups in total. The van der Waals surface area contributed by atoms with Gasteiger partial charge in [-0.05, 0) is 30.5 Å². The molecule has 0 aliphatic carbocycles. The average molecular weight is 192 g/mol. The van der Waals surface area contributed by atoms with E-state index in [0.717, 1.165) is 25.1 Å². The Balaban J connectivity index is 2.88. The number of nitrogens with zero attached hydrogens (tertiary/aromatic N) is 1. The molecule has 0 spiro atoms. The molecule has 1 aromatic rings. The predicted molar refractivity (Wildman–Crippen MR) is 61.8 cm³/mol. The van der Waals surface area contributed by atoms with Crippen molar-refractivity contribution in [1.29, 1.82) is 0 Å². The molecular weight excluding hydrogens is 172 g/mol. The van der Waals surface area contributed by atoms with Gasteiger partial charge in [0.15, 0.2) is 0 Å². The molecule has 0 aliphatic rings. The standard InChI is InChI=1S/C12H20N2/c1-4-6-10-8-11(7-5-2)14-12(9-10)13-3/h8-9H,4-7H2,1-3H3,(H,13,14). The molecule has 2 heteroatoms. The zero-order valence-corrected chi connectivity index (χ0v) is 9.43. The van der Waals surface area contributed by atoms with Gasteiger partial charge in [-0.2, -0.15) is 0 Å². The number of aromatic nitrogens is 1. The van der Waals surface area contributed by atoms with Gasteiger partial charge in [-0.1, -0.05) is 26.7 Å². The van der Waals surface area contributed by atoms with Crippen LogP contribution in [0.5, 0.6) is 0 Å². The van der Waals surface area contributed by atoms with Crippen molar-refractivity contribution in [2.24, 2.45) is 0 Å². The Kier molecular flexibility index (Phi) is 4.44. The van der Waals surface area contributed by atoms with E-state index in [0.29, 0.717) is 0 Å². The molecule has 78 valence electrons. The first-order valence-electron chi connectivity index (χ1n) is 5.47. The highest BCUT2D eigenvalue weighted by Crippen LogP contribution is 2.13. The van der Waals surface area contributed by atoms with Crippen molar-refractivity contribution in [3.05, 3.63) is 23.4 Å². The largest absolute Gasteiger partial charge is 0.373 e. The van der Waals surface area contributed by atoms with Crippen LogP contribution in [0.15, 0.2) is 12.1 Å². The fraction of sp³-hybridized carbons (Fsp3) is 0.583. The van der Waals surface area contributed by atoms with E-state index in [1.807, 2.05) is 7.05 Å². The van der Waals surface area contributed by atoms with Gasteiger partial charge in [-0.3, -0.25) is 0 Å². The van der Waals surface area contributed by atoms with E-state index in [1.165, 1.54) is 17.7 Å². The van der Waals surface area contributed by atoms with Gasteiger partial charge in [0.05, 0.1) is 0 Å². The van der Waals surface area contributed by atoms with Crippen molar-refractivity contribution in [2.75, 3.05) is 12.4 Å². The van der Waals surface area contributed by atoms with E-state index in [9.17, 15) is 0 Å². The molecule has 1 heterocycles. The van der Waals surface area contributed by atoms with Crippen LogP contribution in [0.2, 0.25) is 0 Å². The number of hydrogen-bond donors (Lipinski definition) is 1. The Morgan fingerprint density at radius 2 is 1.86 bits per heavy atom. The lowest BCUT2D eigenvalue weighted by molar-refractivity contribution is 0.864. The molecule has 0 fully saturated rings. The molecule has 0 saturated heterocycles.